The van der Waals surface area contributed by atoms with Gasteiger partial charge >= 0.3 is 0 Å². The maximum absolute atomic E-state index is 5.01. The molecule has 0 saturated heterocycles. The number of nitrogens with one attached hydrogen (secondary N) is 1. The van der Waals surface area contributed by atoms with E-state index in [2.05, 4.69) is 108 Å². The van der Waals surface area contributed by atoms with Gasteiger partial charge in [-0.25, -0.2) is 4.98 Å². The molecule has 0 radical (unpaired) electrons. The Morgan fingerprint density at radius 1 is 0.886 bits per heavy atom. The average Bonchev–Trinajstić information content (AvgIpc) is 3.42. The molecule has 2 aromatic carbocycles. The summed E-state index contributed by atoms with van der Waals surface area (Å²) in [5.41, 5.74) is 11.1. The van der Waals surface area contributed by atoms with Gasteiger partial charge in [0.05, 0.1) is 18.1 Å². The topological polar surface area (TPSA) is 48.1 Å². The van der Waals surface area contributed by atoms with E-state index in [0.29, 0.717) is 0 Å². The van der Waals surface area contributed by atoms with E-state index in [1.54, 1.807) is 0 Å². The highest BCUT2D eigenvalue weighted by molar-refractivity contribution is 5.84. The summed E-state index contributed by atoms with van der Waals surface area (Å²) in [5.74, 6) is 1.05. The summed E-state index contributed by atoms with van der Waals surface area (Å²) < 4.78 is 0. The number of H-pyrrole nitrogens is 1. The first kappa shape index (κ1) is 23.2. The van der Waals surface area contributed by atoms with Crippen LogP contribution in [0.4, 0.5) is 17.2 Å². The lowest BCUT2D eigenvalue weighted by molar-refractivity contribution is 0.654. The van der Waals surface area contributed by atoms with E-state index in [1.807, 2.05) is 0 Å². The number of unbranched alkanes of at least 4 members (excludes halogenated alkanes) is 2. The molecule has 5 nitrogen and oxygen atoms in total. The first-order valence-electron chi connectivity index (χ1n) is 12.7. The van der Waals surface area contributed by atoms with Crippen LogP contribution in [0.15, 0.2) is 60.8 Å². The van der Waals surface area contributed by atoms with Crippen molar-refractivity contribution in [2.75, 3.05) is 23.0 Å². The molecule has 1 N–H and O–H groups in total. The monoisotopic (exact) mass is 465 g/mol. The number of pyridine rings is 1. The van der Waals surface area contributed by atoms with Gasteiger partial charge in [-0.2, -0.15) is 5.10 Å². The molecule has 0 bridgehead atoms. The van der Waals surface area contributed by atoms with E-state index in [9.17, 15) is 0 Å². The summed E-state index contributed by atoms with van der Waals surface area (Å²) in [6.45, 7) is 10.5. The van der Waals surface area contributed by atoms with Gasteiger partial charge in [0.1, 0.15) is 0 Å². The van der Waals surface area contributed by atoms with Gasteiger partial charge in [-0.1, -0.05) is 42.3 Å². The first-order chi connectivity index (χ1) is 17.0. The van der Waals surface area contributed by atoms with E-state index in [1.165, 1.54) is 51.3 Å². The van der Waals surface area contributed by atoms with E-state index in [0.717, 1.165) is 44.0 Å². The second-order valence-corrected chi connectivity index (χ2v) is 9.86. The molecule has 0 atom stereocenters. The number of anilines is 3. The number of fused-ring (bicyclic) bond motifs is 1. The molecular formula is C30H35N5. The van der Waals surface area contributed by atoms with Crippen molar-refractivity contribution in [3.63, 3.8) is 0 Å². The first-order valence-corrected chi connectivity index (χ1v) is 12.7. The molecule has 5 heteroatoms. The molecule has 4 aromatic rings. The second-order valence-electron chi connectivity index (χ2n) is 9.86. The molecule has 5 rings (SSSR count). The summed E-state index contributed by atoms with van der Waals surface area (Å²) in [4.78, 5) is 9.84. The number of aryl methyl sites for hydroxylation is 5. The molecule has 35 heavy (non-hydrogen) atoms. The predicted octanol–water partition coefficient (Wildman–Crippen LogP) is 7.03. The van der Waals surface area contributed by atoms with Crippen molar-refractivity contribution >= 4 is 17.2 Å². The maximum Gasteiger partial charge on any atom is 0.158 e. The Bertz CT molecular complexity index is 1280. The van der Waals surface area contributed by atoms with Crippen LogP contribution in [0.1, 0.15) is 47.3 Å². The van der Waals surface area contributed by atoms with Crippen molar-refractivity contribution in [1.29, 1.82) is 0 Å². The normalized spacial score (nSPS) is 12.9. The van der Waals surface area contributed by atoms with E-state index >= 15 is 0 Å². The third-order valence-corrected chi connectivity index (χ3v) is 6.91. The fourth-order valence-corrected chi connectivity index (χ4v) is 5.36. The van der Waals surface area contributed by atoms with Gasteiger partial charge in [0, 0.05) is 29.7 Å². The Morgan fingerprint density at radius 2 is 1.66 bits per heavy atom. The number of aromatic amines is 1. The van der Waals surface area contributed by atoms with Crippen LogP contribution in [-0.2, 0) is 6.42 Å². The number of nitrogens with zero attached hydrogens (tertiary/aromatic N) is 4. The molecule has 0 aliphatic carbocycles. The van der Waals surface area contributed by atoms with E-state index < -0.39 is 0 Å². The number of hydrogen-bond acceptors (Lipinski definition) is 4. The van der Waals surface area contributed by atoms with E-state index in [4.69, 9.17) is 4.98 Å². The fraction of sp³-hybridized carbons (Fsp3) is 0.333. The van der Waals surface area contributed by atoms with Crippen molar-refractivity contribution in [3.05, 3.63) is 88.9 Å². The molecule has 0 spiro atoms. The smallest absolute Gasteiger partial charge is 0.158 e. The lowest BCUT2D eigenvalue weighted by atomic mass is 9.94. The van der Waals surface area contributed by atoms with Crippen LogP contribution in [0.3, 0.4) is 0 Å². The van der Waals surface area contributed by atoms with Crippen LogP contribution < -0.4 is 9.80 Å². The number of aromatic nitrogens is 3. The Morgan fingerprint density at radius 3 is 2.37 bits per heavy atom. The third kappa shape index (κ3) is 4.95. The summed E-state index contributed by atoms with van der Waals surface area (Å²) >= 11 is 0. The molecule has 0 fully saturated rings. The van der Waals surface area contributed by atoms with Crippen LogP contribution in [0, 0.1) is 27.7 Å². The highest BCUT2D eigenvalue weighted by Gasteiger charge is 2.28. The van der Waals surface area contributed by atoms with Gasteiger partial charge in [0.25, 0.3) is 0 Å². The molecule has 2 aromatic heterocycles. The van der Waals surface area contributed by atoms with Gasteiger partial charge in [-0.3, -0.25) is 5.10 Å². The lowest BCUT2D eigenvalue weighted by Crippen LogP contribution is -2.28. The highest BCUT2D eigenvalue weighted by Crippen LogP contribution is 2.42. The average molecular weight is 466 g/mol. The minimum Gasteiger partial charge on any atom is -0.350 e. The molecule has 0 amide bonds. The SMILES string of the molecule is Cc1cc(C)c(-c2cnc3c(c2)N(CCCCCc2cc(C)[nH]n2)CN3c2ccccc2)c(C)c1. The quantitative estimate of drug-likeness (QED) is 0.284. The van der Waals surface area contributed by atoms with Crippen LogP contribution >= 0.6 is 0 Å². The van der Waals surface area contributed by atoms with Crippen LogP contribution in [0.25, 0.3) is 11.1 Å². The van der Waals surface area contributed by atoms with Crippen LogP contribution in [-0.4, -0.2) is 28.4 Å². The second kappa shape index (κ2) is 9.95. The highest BCUT2D eigenvalue weighted by atomic mass is 15.4. The Kier molecular flexibility index (Phi) is 6.58. The molecule has 0 saturated carbocycles. The summed E-state index contributed by atoms with van der Waals surface area (Å²) in [6, 6.07) is 19.6. The molecule has 3 heterocycles. The third-order valence-electron chi connectivity index (χ3n) is 6.91. The molecular weight excluding hydrogens is 430 g/mol. The Hall–Kier alpha value is -3.60. The molecule has 180 valence electrons. The van der Waals surface area contributed by atoms with Crippen molar-refractivity contribution in [3.8, 4) is 11.1 Å². The van der Waals surface area contributed by atoms with Crippen molar-refractivity contribution in [1.82, 2.24) is 15.2 Å². The zero-order valence-electron chi connectivity index (χ0n) is 21.3. The number of benzene rings is 2. The van der Waals surface area contributed by atoms with Crippen molar-refractivity contribution in [2.45, 2.75) is 53.4 Å². The van der Waals surface area contributed by atoms with Crippen LogP contribution in [0.2, 0.25) is 0 Å². The standard InChI is InChI=1S/C30H35N5/c1-21-15-22(2)29(23(3)16-21)25-18-28-30(31-19-25)35(27-12-8-5-9-13-27)20-34(28)14-10-6-7-11-26-17-24(4)32-33-26/h5,8-9,12-13,15-19H,6-7,10-11,14,20H2,1-4H3,(H,32,33). The zero-order valence-corrected chi connectivity index (χ0v) is 21.3. The fourth-order valence-electron chi connectivity index (χ4n) is 5.36. The number of rotatable bonds is 8. The minimum absolute atomic E-state index is 0.834. The largest absolute Gasteiger partial charge is 0.350 e. The number of para-hydroxylation sites is 1. The lowest BCUT2D eigenvalue weighted by Gasteiger charge is -2.21. The van der Waals surface area contributed by atoms with Crippen molar-refractivity contribution < 1.29 is 0 Å². The van der Waals surface area contributed by atoms with Gasteiger partial charge in [0.2, 0.25) is 0 Å². The summed E-state index contributed by atoms with van der Waals surface area (Å²) in [5, 5.41) is 7.42. The molecule has 0 unspecified atom stereocenters. The van der Waals surface area contributed by atoms with Gasteiger partial charge in [-0.15, -0.1) is 0 Å². The van der Waals surface area contributed by atoms with Crippen LogP contribution in [0.5, 0.6) is 0 Å². The summed E-state index contributed by atoms with van der Waals surface area (Å²) in [7, 11) is 0. The van der Waals surface area contributed by atoms with Gasteiger partial charge in [0.15, 0.2) is 5.82 Å². The van der Waals surface area contributed by atoms with E-state index in [-0.39, 0.29) is 0 Å². The van der Waals surface area contributed by atoms with Crippen molar-refractivity contribution in [2.24, 2.45) is 0 Å². The Balaban J connectivity index is 1.37. The number of hydrogen-bond donors (Lipinski definition) is 1. The maximum atomic E-state index is 5.01. The molecule has 1 aliphatic heterocycles. The van der Waals surface area contributed by atoms with Gasteiger partial charge < -0.3 is 9.80 Å². The zero-order chi connectivity index (χ0) is 24.4. The predicted molar refractivity (Wildman–Crippen MR) is 146 cm³/mol. The molecule has 1 aliphatic rings. The summed E-state index contributed by atoms with van der Waals surface area (Å²) in [6.07, 6.45) is 6.58. The minimum atomic E-state index is 0.834. The van der Waals surface area contributed by atoms with Gasteiger partial charge in [-0.05, 0) is 87.9 Å². The Labute approximate surface area is 208 Å².